The molecule has 0 aliphatic carbocycles. The van der Waals surface area contributed by atoms with Crippen molar-refractivity contribution in [1.82, 2.24) is 19.6 Å². The van der Waals surface area contributed by atoms with Crippen LogP contribution in [0.5, 0.6) is 0 Å². The maximum atomic E-state index is 11.7. The molecule has 3 N–H and O–H groups in total. The molecule has 0 atom stereocenters. The Morgan fingerprint density at radius 1 is 1.35 bits per heavy atom. The Balaban J connectivity index is 2.68. The van der Waals surface area contributed by atoms with Gasteiger partial charge in [0.1, 0.15) is 4.90 Å². The van der Waals surface area contributed by atoms with Crippen LogP contribution < -0.4 is 9.44 Å². The molecule has 98 valence electrons. The molecule has 17 heavy (non-hydrogen) atoms. The van der Waals surface area contributed by atoms with Crippen molar-refractivity contribution >= 4 is 20.0 Å². The van der Waals surface area contributed by atoms with Crippen LogP contribution in [0.2, 0.25) is 0 Å². The van der Waals surface area contributed by atoms with E-state index in [2.05, 4.69) is 19.6 Å². The Hall–Kier alpha value is -0.970. The molecule has 10 heteroatoms. The van der Waals surface area contributed by atoms with E-state index >= 15 is 0 Å². The van der Waals surface area contributed by atoms with Crippen molar-refractivity contribution in [3.05, 3.63) is 11.9 Å². The van der Waals surface area contributed by atoms with Crippen LogP contribution in [0.25, 0.3) is 0 Å². The van der Waals surface area contributed by atoms with Gasteiger partial charge in [0.15, 0.2) is 0 Å². The summed E-state index contributed by atoms with van der Waals surface area (Å²) in [5.74, 6) is -0.320. The number of nitrogens with zero attached hydrogens (tertiary/aromatic N) is 1. The average Bonchev–Trinajstić information content (AvgIpc) is 2.64. The van der Waals surface area contributed by atoms with Crippen LogP contribution in [-0.2, 0) is 20.0 Å². The molecule has 0 aliphatic heterocycles. The standard InChI is InChI=1S/C7H14N4O4S2/c1-6-7(5-9-11-6)17(14,15)10-3-4-16(12,13)8-2/h5,8,10H,3-4H2,1-2H3,(H,9,11). The number of aromatic amines is 1. The molecule has 1 rings (SSSR count). The minimum atomic E-state index is -3.71. The van der Waals surface area contributed by atoms with Gasteiger partial charge >= 0.3 is 0 Å². The maximum Gasteiger partial charge on any atom is 0.243 e. The van der Waals surface area contributed by atoms with Crippen molar-refractivity contribution in [2.24, 2.45) is 0 Å². The van der Waals surface area contributed by atoms with Gasteiger partial charge in [-0.05, 0) is 14.0 Å². The summed E-state index contributed by atoms with van der Waals surface area (Å²) in [6, 6.07) is 0. The summed E-state index contributed by atoms with van der Waals surface area (Å²) in [6.45, 7) is 1.36. The number of aromatic nitrogens is 2. The highest BCUT2D eigenvalue weighted by molar-refractivity contribution is 7.90. The molecular formula is C7H14N4O4S2. The second-order valence-corrected chi connectivity index (χ2v) is 7.06. The lowest BCUT2D eigenvalue weighted by atomic mass is 10.5. The van der Waals surface area contributed by atoms with Gasteiger partial charge in [0.25, 0.3) is 0 Å². The van der Waals surface area contributed by atoms with Crippen LogP contribution in [0.15, 0.2) is 11.1 Å². The van der Waals surface area contributed by atoms with Gasteiger partial charge in [-0.1, -0.05) is 0 Å². The molecule has 0 amide bonds. The van der Waals surface area contributed by atoms with Gasteiger partial charge in [-0.15, -0.1) is 0 Å². The summed E-state index contributed by atoms with van der Waals surface area (Å²) in [6.07, 6.45) is 1.17. The van der Waals surface area contributed by atoms with Gasteiger partial charge < -0.3 is 0 Å². The monoisotopic (exact) mass is 282 g/mol. The Kier molecular flexibility index (Phi) is 4.25. The van der Waals surface area contributed by atoms with Gasteiger partial charge in [-0.3, -0.25) is 5.10 Å². The Morgan fingerprint density at radius 3 is 2.47 bits per heavy atom. The molecule has 0 spiro atoms. The fourth-order valence-corrected chi connectivity index (χ4v) is 2.97. The summed E-state index contributed by atoms with van der Waals surface area (Å²) >= 11 is 0. The lowest BCUT2D eigenvalue weighted by Crippen LogP contribution is -2.33. The van der Waals surface area contributed by atoms with E-state index in [4.69, 9.17) is 0 Å². The highest BCUT2D eigenvalue weighted by Gasteiger charge is 2.19. The quantitative estimate of drug-likeness (QED) is 0.589. The molecule has 0 aromatic carbocycles. The largest absolute Gasteiger partial charge is 0.281 e. The molecule has 0 fully saturated rings. The first-order valence-electron chi connectivity index (χ1n) is 4.69. The third kappa shape index (κ3) is 3.77. The summed E-state index contributed by atoms with van der Waals surface area (Å²) < 4.78 is 49.8. The van der Waals surface area contributed by atoms with E-state index in [9.17, 15) is 16.8 Å². The third-order valence-electron chi connectivity index (χ3n) is 2.05. The molecular weight excluding hydrogens is 268 g/mol. The zero-order valence-electron chi connectivity index (χ0n) is 9.39. The van der Waals surface area contributed by atoms with Gasteiger partial charge in [0.05, 0.1) is 17.6 Å². The maximum absolute atomic E-state index is 11.7. The Bertz CT molecular complexity index is 575. The first-order valence-corrected chi connectivity index (χ1v) is 7.83. The first-order chi connectivity index (χ1) is 7.78. The van der Waals surface area contributed by atoms with Crippen LogP contribution in [0, 0.1) is 6.92 Å². The normalized spacial score (nSPS) is 12.8. The highest BCUT2D eigenvalue weighted by Crippen LogP contribution is 2.09. The van der Waals surface area contributed by atoms with Crippen LogP contribution >= 0.6 is 0 Å². The zero-order chi connectivity index (χ0) is 13.1. The summed E-state index contributed by atoms with van der Waals surface area (Å²) in [5.41, 5.74) is 0.397. The number of H-pyrrole nitrogens is 1. The first kappa shape index (κ1) is 14.1. The third-order valence-corrected chi connectivity index (χ3v) is 4.99. The van der Waals surface area contributed by atoms with Crippen molar-refractivity contribution in [2.45, 2.75) is 11.8 Å². The van der Waals surface area contributed by atoms with Crippen LogP contribution in [0.3, 0.4) is 0 Å². The van der Waals surface area contributed by atoms with E-state index in [0.717, 1.165) is 0 Å². The lowest BCUT2D eigenvalue weighted by Gasteiger charge is -2.05. The molecule has 0 unspecified atom stereocenters. The van der Waals surface area contributed by atoms with Gasteiger partial charge in [0.2, 0.25) is 20.0 Å². The van der Waals surface area contributed by atoms with Gasteiger partial charge in [-0.2, -0.15) is 5.10 Å². The highest BCUT2D eigenvalue weighted by atomic mass is 32.2. The summed E-state index contributed by atoms with van der Waals surface area (Å²) in [4.78, 5) is 0.0133. The van der Waals surface area contributed by atoms with E-state index in [1.54, 1.807) is 6.92 Å². The number of hydrogen-bond donors (Lipinski definition) is 3. The minimum Gasteiger partial charge on any atom is -0.281 e. The van der Waals surface area contributed by atoms with Gasteiger partial charge in [0, 0.05) is 6.54 Å². The Labute approximate surface area is 99.9 Å². The predicted molar refractivity (Wildman–Crippen MR) is 61.4 cm³/mol. The zero-order valence-corrected chi connectivity index (χ0v) is 11.0. The van der Waals surface area contributed by atoms with Crippen LogP contribution in [0.1, 0.15) is 5.69 Å². The minimum absolute atomic E-state index is 0.0133. The molecule has 1 aromatic rings. The molecule has 0 aliphatic rings. The molecule has 1 aromatic heterocycles. The fraction of sp³-hybridized carbons (Fsp3) is 0.571. The van der Waals surface area contributed by atoms with Gasteiger partial charge in [-0.25, -0.2) is 26.3 Å². The molecule has 1 heterocycles. The predicted octanol–water partition coefficient (Wildman–Crippen LogP) is -1.45. The number of sulfonamides is 2. The SMILES string of the molecule is CNS(=O)(=O)CCNS(=O)(=O)c1cn[nH]c1C. The second kappa shape index (κ2) is 5.12. The van der Waals surface area contributed by atoms with E-state index in [1.807, 2.05) is 0 Å². The van der Waals surface area contributed by atoms with E-state index in [1.165, 1.54) is 13.2 Å². The number of rotatable bonds is 6. The lowest BCUT2D eigenvalue weighted by molar-refractivity contribution is 0.578. The second-order valence-electron chi connectivity index (χ2n) is 3.28. The van der Waals surface area contributed by atoms with E-state index in [0.29, 0.717) is 5.69 Å². The van der Waals surface area contributed by atoms with Crippen molar-refractivity contribution in [1.29, 1.82) is 0 Å². The van der Waals surface area contributed by atoms with Crippen molar-refractivity contribution in [2.75, 3.05) is 19.3 Å². The average molecular weight is 282 g/mol. The summed E-state index contributed by atoms with van der Waals surface area (Å²) in [7, 11) is -5.87. The van der Waals surface area contributed by atoms with Crippen molar-refractivity contribution < 1.29 is 16.8 Å². The number of nitrogens with one attached hydrogen (secondary N) is 3. The smallest absolute Gasteiger partial charge is 0.243 e. The number of aryl methyl sites for hydroxylation is 1. The molecule has 0 saturated heterocycles. The summed E-state index contributed by atoms with van der Waals surface area (Å²) in [5, 5.41) is 6.08. The van der Waals surface area contributed by atoms with E-state index < -0.39 is 20.0 Å². The van der Waals surface area contributed by atoms with Crippen LogP contribution in [0.4, 0.5) is 0 Å². The van der Waals surface area contributed by atoms with Crippen molar-refractivity contribution in [3.63, 3.8) is 0 Å². The Morgan fingerprint density at radius 2 is 2.00 bits per heavy atom. The van der Waals surface area contributed by atoms with Crippen molar-refractivity contribution in [3.8, 4) is 0 Å². The number of hydrogen-bond acceptors (Lipinski definition) is 5. The molecule has 0 saturated carbocycles. The molecule has 8 nitrogen and oxygen atoms in total. The fourth-order valence-electron chi connectivity index (χ4n) is 1.10. The van der Waals surface area contributed by atoms with Crippen LogP contribution in [-0.4, -0.2) is 46.4 Å². The van der Waals surface area contributed by atoms with E-state index in [-0.39, 0.29) is 17.2 Å². The topological polar surface area (TPSA) is 121 Å². The molecule has 0 radical (unpaired) electrons. The molecule has 0 bridgehead atoms.